The van der Waals surface area contributed by atoms with Crippen LogP contribution in [0.15, 0.2) is 78.9 Å². The molecule has 0 heterocycles. The minimum absolute atomic E-state index is 0.00342. The van der Waals surface area contributed by atoms with E-state index in [0.717, 1.165) is 35.1 Å². The van der Waals surface area contributed by atoms with Gasteiger partial charge in [0.2, 0.25) is 11.8 Å². The minimum atomic E-state index is -0.586. The van der Waals surface area contributed by atoms with Crippen molar-refractivity contribution in [3.63, 3.8) is 0 Å². The molecule has 1 N–H and O–H groups in total. The number of carbonyl (C=O) groups excluding carboxylic acids is 2. The van der Waals surface area contributed by atoms with Gasteiger partial charge in [-0.05, 0) is 55.4 Å². The molecule has 4 nitrogen and oxygen atoms in total. The highest BCUT2D eigenvalue weighted by Gasteiger charge is 2.30. The van der Waals surface area contributed by atoms with E-state index < -0.39 is 6.04 Å². The lowest BCUT2D eigenvalue weighted by Crippen LogP contribution is -2.52. The first-order valence-corrected chi connectivity index (χ1v) is 13.2. The van der Waals surface area contributed by atoms with Gasteiger partial charge in [0.25, 0.3) is 0 Å². The molecule has 4 heteroatoms. The van der Waals surface area contributed by atoms with Crippen molar-refractivity contribution in [3.05, 3.63) is 107 Å². The highest BCUT2D eigenvalue weighted by molar-refractivity contribution is 5.88. The van der Waals surface area contributed by atoms with E-state index in [4.69, 9.17) is 0 Å². The molecule has 36 heavy (non-hydrogen) atoms. The summed E-state index contributed by atoms with van der Waals surface area (Å²) in [5.41, 5.74) is 5.64. The Morgan fingerprint density at radius 1 is 0.833 bits per heavy atom. The average Bonchev–Trinajstić information content (AvgIpc) is 2.90. The van der Waals surface area contributed by atoms with Crippen molar-refractivity contribution >= 4 is 11.8 Å². The Bertz CT molecular complexity index is 1110. The molecule has 0 spiro atoms. The molecule has 0 saturated carbocycles. The van der Waals surface area contributed by atoms with Crippen LogP contribution in [0.3, 0.4) is 0 Å². The van der Waals surface area contributed by atoms with Gasteiger partial charge in [-0.15, -0.1) is 0 Å². The van der Waals surface area contributed by atoms with Gasteiger partial charge in [-0.1, -0.05) is 98.3 Å². The van der Waals surface area contributed by atoms with E-state index in [1.165, 1.54) is 5.56 Å². The van der Waals surface area contributed by atoms with E-state index in [2.05, 4.69) is 49.5 Å². The third-order valence-corrected chi connectivity index (χ3v) is 6.77. The first-order chi connectivity index (χ1) is 17.4. The zero-order valence-corrected chi connectivity index (χ0v) is 22.2. The molecule has 2 atom stereocenters. The van der Waals surface area contributed by atoms with Gasteiger partial charge >= 0.3 is 0 Å². The van der Waals surface area contributed by atoms with Gasteiger partial charge in [-0.3, -0.25) is 9.59 Å². The lowest BCUT2D eigenvalue weighted by molar-refractivity contribution is -0.141. The molecule has 2 amide bonds. The van der Waals surface area contributed by atoms with Crippen molar-refractivity contribution in [2.75, 3.05) is 0 Å². The van der Waals surface area contributed by atoms with Crippen LogP contribution in [0, 0.1) is 6.92 Å². The lowest BCUT2D eigenvalue weighted by Gasteiger charge is -2.32. The number of amides is 2. The van der Waals surface area contributed by atoms with Gasteiger partial charge in [-0.25, -0.2) is 0 Å². The standard InChI is InChI=1S/C32H40N2O2/c1-5-25(4)33-32(36)30(22-28-12-8-7-9-13-28)34(23-29-14-10-11-24(3)21-29)31(35)20-19-27-17-15-26(6-2)16-18-27/h7-18,21,25,30H,5-6,19-20,22-23H2,1-4H3,(H,33,36)/t25-,30-/m0/s1. The number of carbonyl (C=O) groups is 2. The number of hydrogen-bond donors (Lipinski definition) is 1. The molecule has 0 radical (unpaired) electrons. The fourth-order valence-corrected chi connectivity index (χ4v) is 4.34. The molecular formula is C32H40N2O2. The van der Waals surface area contributed by atoms with Crippen LogP contribution in [0.25, 0.3) is 0 Å². The lowest BCUT2D eigenvalue weighted by atomic mass is 10.0. The molecular weight excluding hydrogens is 444 g/mol. The third-order valence-electron chi connectivity index (χ3n) is 6.77. The first-order valence-electron chi connectivity index (χ1n) is 13.2. The van der Waals surface area contributed by atoms with Gasteiger partial charge in [0.15, 0.2) is 0 Å². The van der Waals surface area contributed by atoms with Gasteiger partial charge in [-0.2, -0.15) is 0 Å². The van der Waals surface area contributed by atoms with Crippen molar-refractivity contribution in [1.29, 1.82) is 0 Å². The fraction of sp³-hybridized carbons (Fsp3) is 0.375. The first kappa shape index (κ1) is 27.2. The van der Waals surface area contributed by atoms with Crippen LogP contribution in [0.1, 0.15) is 61.4 Å². The quantitative estimate of drug-likeness (QED) is 0.340. The van der Waals surface area contributed by atoms with Crippen LogP contribution in [0.4, 0.5) is 0 Å². The molecule has 0 fully saturated rings. The highest BCUT2D eigenvalue weighted by Crippen LogP contribution is 2.18. The summed E-state index contributed by atoms with van der Waals surface area (Å²) < 4.78 is 0. The van der Waals surface area contributed by atoms with Crippen molar-refractivity contribution in [3.8, 4) is 0 Å². The number of hydrogen-bond acceptors (Lipinski definition) is 2. The summed E-state index contributed by atoms with van der Waals surface area (Å²) in [7, 11) is 0. The second-order valence-corrected chi connectivity index (χ2v) is 9.70. The van der Waals surface area contributed by atoms with Crippen molar-refractivity contribution in [2.24, 2.45) is 0 Å². The monoisotopic (exact) mass is 484 g/mol. The van der Waals surface area contributed by atoms with Crippen LogP contribution in [0.2, 0.25) is 0 Å². The SMILES string of the molecule is CCc1ccc(CCC(=O)N(Cc2cccc(C)c2)[C@@H](Cc2ccccc2)C(=O)N[C@@H](C)CC)cc1. The molecule has 0 aliphatic rings. The van der Waals surface area contributed by atoms with Crippen molar-refractivity contribution < 1.29 is 9.59 Å². The molecule has 190 valence electrons. The molecule has 3 aromatic carbocycles. The minimum Gasteiger partial charge on any atom is -0.352 e. The predicted octanol–water partition coefficient (Wildman–Crippen LogP) is 6.04. The van der Waals surface area contributed by atoms with Crippen molar-refractivity contribution in [1.82, 2.24) is 10.2 Å². The smallest absolute Gasteiger partial charge is 0.243 e. The zero-order chi connectivity index (χ0) is 25.9. The summed E-state index contributed by atoms with van der Waals surface area (Å²) in [5, 5.41) is 3.14. The maximum Gasteiger partial charge on any atom is 0.243 e. The topological polar surface area (TPSA) is 49.4 Å². The summed E-state index contributed by atoms with van der Waals surface area (Å²) in [6.45, 7) is 8.65. The summed E-state index contributed by atoms with van der Waals surface area (Å²) >= 11 is 0. The normalized spacial score (nSPS) is 12.6. The van der Waals surface area contributed by atoms with Gasteiger partial charge < -0.3 is 10.2 Å². The van der Waals surface area contributed by atoms with Crippen molar-refractivity contribution in [2.45, 2.75) is 78.4 Å². The zero-order valence-electron chi connectivity index (χ0n) is 22.2. The van der Waals surface area contributed by atoms with Gasteiger partial charge in [0.1, 0.15) is 6.04 Å². The summed E-state index contributed by atoms with van der Waals surface area (Å²) in [6, 6.07) is 26.1. The molecule has 0 bridgehead atoms. The van der Waals surface area contributed by atoms with Crippen LogP contribution < -0.4 is 5.32 Å². The largest absolute Gasteiger partial charge is 0.352 e. The van der Waals surface area contributed by atoms with Gasteiger partial charge in [0, 0.05) is 25.4 Å². The Hall–Kier alpha value is -3.40. The Morgan fingerprint density at radius 3 is 2.14 bits per heavy atom. The molecule has 0 unspecified atom stereocenters. The van der Waals surface area contributed by atoms with E-state index in [0.29, 0.717) is 25.8 Å². The third kappa shape index (κ3) is 8.08. The Morgan fingerprint density at radius 2 is 1.50 bits per heavy atom. The Kier molecular flexibility index (Phi) is 10.3. The number of nitrogens with zero attached hydrogens (tertiary/aromatic N) is 1. The van der Waals surface area contributed by atoms with E-state index >= 15 is 0 Å². The number of benzene rings is 3. The Balaban J connectivity index is 1.89. The van der Waals surface area contributed by atoms with Crippen LogP contribution in [-0.4, -0.2) is 28.8 Å². The number of aryl methyl sites for hydroxylation is 3. The predicted molar refractivity (Wildman–Crippen MR) is 148 cm³/mol. The average molecular weight is 485 g/mol. The van der Waals surface area contributed by atoms with Crippen LogP contribution in [0.5, 0.6) is 0 Å². The van der Waals surface area contributed by atoms with Crippen LogP contribution >= 0.6 is 0 Å². The molecule has 3 rings (SSSR count). The molecule has 0 aliphatic carbocycles. The summed E-state index contributed by atoms with van der Waals surface area (Å²) in [5.74, 6) is -0.0992. The molecule has 0 saturated heterocycles. The molecule has 0 aliphatic heterocycles. The Labute approximate surface area is 216 Å². The maximum atomic E-state index is 13.8. The maximum absolute atomic E-state index is 13.8. The van der Waals surface area contributed by atoms with Crippen LogP contribution in [-0.2, 0) is 35.4 Å². The molecule has 3 aromatic rings. The summed E-state index contributed by atoms with van der Waals surface area (Å²) in [6.07, 6.45) is 3.32. The highest BCUT2D eigenvalue weighted by atomic mass is 16.2. The van der Waals surface area contributed by atoms with E-state index in [1.54, 1.807) is 4.90 Å². The second-order valence-electron chi connectivity index (χ2n) is 9.70. The van der Waals surface area contributed by atoms with Gasteiger partial charge in [0.05, 0.1) is 0 Å². The van der Waals surface area contributed by atoms with E-state index in [-0.39, 0.29) is 17.9 Å². The second kappa shape index (κ2) is 13.6. The fourth-order valence-electron chi connectivity index (χ4n) is 4.34. The van der Waals surface area contributed by atoms with E-state index in [1.807, 2.05) is 62.4 Å². The van der Waals surface area contributed by atoms with E-state index in [9.17, 15) is 9.59 Å². The number of nitrogens with one attached hydrogen (secondary N) is 1. The molecule has 0 aromatic heterocycles. The summed E-state index contributed by atoms with van der Waals surface area (Å²) in [4.78, 5) is 29.1. The number of rotatable bonds is 12.